The molecule has 1 heterocycles. The van der Waals surface area contributed by atoms with Crippen molar-refractivity contribution in [2.75, 3.05) is 7.11 Å². The topological polar surface area (TPSA) is 114 Å². The summed E-state index contributed by atoms with van der Waals surface area (Å²) in [7, 11) is -3.36. The zero-order valence-corrected chi connectivity index (χ0v) is 14.3. The van der Waals surface area contributed by atoms with Crippen LogP contribution in [0.25, 0.3) is 22.3 Å². The maximum absolute atomic E-state index is 12.3. The minimum atomic E-state index is -4.57. The summed E-state index contributed by atoms with van der Waals surface area (Å²) in [6, 6.07) is 7.44. The predicted molar refractivity (Wildman–Crippen MR) is 91.0 cm³/mol. The van der Waals surface area contributed by atoms with Gasteiger partial charge in [-0.05, 0) is 24.3 Å². The highest BCUT2D eigenvalue weighted by Crippen LogP contribution is 2.39. The molecule has 2 aromatic carbocycles. The molecule has 9 heteroatoms. The summed E-state index contributed by atoms with van der Waals surface area (Å²) in [6.45, 7) is 0. The lowest BCUT2D eigenvalue weighted by Crippen LogP contribution is -2.02. The van der Waals surface area contributed by atoms with Crippen LogP contribution in [-0.2, 0) is 10.1 Å². The molecule has 0 fully saturated rings. The van der Waals surface area contributed by atoms with Gasteiger partial charge in [-0.15, -0.1) is 0 Å². The van der Waals surface area contributed by atoms with E-state index < -0.39 is 26.2 Å². The largest absolute Gasteiger partial charge is 0.504 e. The van der Waals surface area contributed by atoms with Gasteiger partial charge in [0.25, 0.3) is 10.1 Å². The Morgan fingerprint density at radius 1 is 1.16 bits per heavy atom. The second-order valence-electron chi connectivity index (χ2n) is 5.11. The fourth-order valence-corrected chi connectivity index (χ4v) is 3.03. The van der Waals surface area contributed by atoms with Gasteiger partial charge in [-0.3, -0.25) is 9.35 Å². The van der Waals surface area contributed by atoms with Gasteiger partial charge < -0.3 is 14.3 Å². The van der Waals surface area contributed by atoms with Gasteiger partial charge in [0.1, 0.15) is 11.3 Å². The zero-order valence-electron chi connectivity index (χ0n) is 12.7. The van der Waals surface area contributed by atoms with Crippen molar-refractivity contribution in [3.8, 4) is 22.8 Å². The highest BCUT2D eigenvalue weighted by Gasteiger charge is 2.21. The molecule has 0 spiro atoms. The number of fused-ring (bicyclic) bond motifs is 1. The third-order valence-electron chi connectivity index (χ3n) is 3.52. The number of hydrogen-bond donors (Lipinski definition) is 2. The summed E-state index contributed by atoms with van der Waals surface area (Å²) in [5.41, 5.74) is -0.363. The van der Waals surface area contributed by atoms with Crippen molar-refractivity contribution in [2.24, 2.45) is 0 Å². The van der Waals surface area contributed by atoms with Gasteiger partial charge in [-0.25, -0.2) is 0 Å². The van der Waals surface area contributed by atoms with E-state index in [1.807, 2.05) is 0 Å². The van der Waals surface area contributed by atoms with E-state index in [9.17, 15) is 22.9 Å². The Balaban J connectivity index is 2.34. The summed E-state index contributed by atoms with van der Waals surface area (Å²) < 4.78 is 42.6. The molecular weight excluding hydrogens is 372 g/mol. The smallest absolute Gasteiger partial charge is 0.294 e. The van der Waals surface area contributed by atoms with E-state index in [0.29, 0.717) is 5.02 Å². The first-order chi connectivity index (χ1) is 11.7. The van der Waals surface area contributed by atoms with Crippen molar-refractivity contribution in [3.63, 3.8) is 0 Å². The Bertz CT molecular complexity index is 1150. The Morgan fingerprint density at radius 3 is 2.52 bits per heavy atom. The van der Waals surface area contributed by atoms with Crippen molar-refractivity contribution in [2.45, 2.75) is 4.90 Å². The van der Waals surface area contributed by atoms with Crippen LogP contribution in [0.1, 0.15) is 0 Å². The van der Waals surface area contributed by atoms with Crippen molar-refractivity contribution in [1.29, 1.82) is 0 Å². The number of phenolic OH excluding ortho intramolecular Hbond substituents is 1. The van der Waals surface area contributed by atoms with Gasteiger partial charge in [0, 0.05) is 17.2 Å². The molecule has 0 amide bonds. The molecular formula is C16H11ClO7S. The van der Waals surface area contributed by atoms with E-state index in [1.54, 1.807) is 0 Å². The van der Waals surface area contributed by atoms with Gasteiger partial charge in [-0.1, -0.05) is 11.6 Å². The van der Waals surface area contributed by atoms with Crippen molar-refractivity contribution in [1.82, 2.24) is 0 Å². The summed E-state index contributed by atoms with van der Waals surface area (Å²) >= 11 is 5.85. The Kier molecular flexibility index (Phi) is 4.19. The van der Waals surface area contributed by atoms with E-state index in [4.69, 9.17) is 20.8 Å². The first-order valence-corrected chi connectivity index (χ1v) is 8.65. The van der Waals surface area contributed by atoms with Gasteiger partial charge in [0.05, 0.1) is 23.0 Å². The highest BCUT2D eigenvalue weighted by molar-refractivity contribution is 7.85. The molecule has 0 saturated carbocycles. The third kappa shape index (κ3) is 3.19. The van der Waals surface area contributed by atoms with E-state index in [2.05, 4.69) is 0 Å². The number of benzene rings is 2. The molecule has 0 atom stereocenters. The minimum absolute atomic E-state index is 0.0962. The molecule has 130 valence electrons. The molecule has 25 heavy (non-hydrogen) atoms. The van der Waals surface area contributed by atoms with Crippen molar-refractivity contribution >= 4 is 32.7 Å². The molecule has 1 aromatic heterocycles. The zero-order chi connectivity index (χ0) is 18.4. The van der Waals surface area contributed by atoms with Crippen LogP contribution in [0.4, 0.5) is 0 Å². The SMILES string of the molecule is COc1cc(S(=O)(=O)O)cc(-c2cc(=O)c3cc(Cl)ccc3o2)c1O. The molecule has 0 radical (unpaired) electrons. The molecule has 0 saturated heterocycles. The van der Waals surface area contributed by atoms with E-state index in [0.717, 1.165) is 18.2 Å². The average molecular weight is 383 g/mol. The predicted octanol–water partition coefficient (Wildman–Crippen LogP) is 3.07. The van der Waals surface area contributed by atoms with E-state index in [-0.39, 0.29) is 28.0 Å². The lowest BCUT2D eigenvalue weighted by Gasteiger charge is -2.11. The summed E-state index contributed by atoms with van der Waals surface area (Å²) in [4.78, 5) is 11.8. The summed E-state index contributed by atoms with van der Waals surface area (Å²) in [6.07, 6.45) is 0. The molecule has 0 aliphatic heterocycles. The Morgan fingerprint density at radius 2 is 1.88 bits per heavy atom. The summed E-state index contributed by atoms with van der Waals surface area (Å²) in [5, 5.41) is 10.8. The second-order valence-corrected chi connectivity index (χ2v) is 6.97. The number of ether oxygens (including phenoxy) is 1. The molecule has 3 rings (SSSR count). The average Bonchev–Trinajstić information content (AvgIpc) is 2.54. The Hall–Kier alpha value is -2.55. The third-order valence-corrected chi connectivity index (χ3v) is 4.59. The molecule has 7 nitrogen and oxygen atoms in total. The molecule has 0 aliphatic carbocycles. The lowest BCUT2D eigenvalue weighted by molar-refractivity contribution is 0.372. The van der Waals surface area contributed by atoms with Crippen LogP contribution in [0.3, 0.4) is 0 Å². The minimum Gasteiger partial charge on any atom is -0.504 e. The maximum Gasteiger partial charge on any atom is 0.294 e. The first kappa shape index (κ1) is 17.3. The van der Waals surface area contributed by atoms with Crippen LogP contribution in [0.15, 0.2) is 50.5 Å². The van der Waals surface area contributed by atoms with Crippen molar-refractivity contribution in [3.05, 3.63) is 51.6 Å². The number of hydrogen-bond acceptors (Lipinski definition) is 6. The molecule has 0 bridgehead atoms. The normalized spacial score (nSPS) is 11.6. The van der Waals surface area contributed by atoms with Gasteiger partial charge in [0.15, 0.2) is 16.9 Å². The molecule has 0 aliphatic rings. The fourth-order valence-electron chi connectivity index (χ4n) is 2.34. The Labute approximate surface area is 146 Å². The monoisotopic (exact) mass is 382 g/mol. The molecule has 3 aromatic rings. The maximum atomic E-state index is 12.3. The van der Waals surface area contributed by atoms with Crippen LogP contribution >= 0.6 is 11.6 Å². The van der Waals surface area contributed by atoms with Crippen LogP contribution in [0.2, 0.25) is 5.02 Å². The van der Waals surface area contributed by atoms with Crippen LogP contribution in [-0.4, -0.2) is 25.2 Å². The van der Waals surface area contributed by atoms with Crippen LogP contribution < -0.4 is 10.2 Å². The lowest BCUT2D eigenvalue weighted by atomic mass is 10.1. The quantitative estimate of drug-likeness (QED) is 0.669. The van der Waals surface area contributed by atoms with Gasteiger partial charge >= 0.3 is 0 Å². The summed E-state index contributed by atoms with van der Waals surface area (Å²) in [5.74, 6) is -0.739. The van der Waals surface area contributed by atoms with E-state index in [1.165, 1.54) is 25.3 Å². The number of methoxy groups -OCH3 is 1. The first-order valence-electron chi connectivity index (χ1n) is 6.83. The van der Waals surface area contributed by atoms with E-state index >= 15 is 0 Å². The fraction of sp³-hybridized carbons (Fsp3) is 0.0625. The second kappa shape index (κ2) is 6.07. The molecule has 2 N–H and O–H groups in total. The van der Waals surface area contributed by atoms with Gasteiger partial charge in [0.2, 0.25) is 0 Å². The number of halogens is 1. The number of aromatic hydroxyl groups is 1. The van der Waals surface area contributed by atoms with Gasteiger partial charge in [-0.2, -0.15) is 8.42 Å². The van der Waals surface area contributed by atoms with Crippen LogP contribution in [0, 0.1) is 0 Å². The van der Waals surface area contributed by atoms with Crippen molar-refractivity contribution < 1.29 is 27.2 Å². The highest BCUT2D eigenvalue weighted by atomic mass is 35.5. The number of rotatable bonds is 3. The standard InChI is InChI=1S/C16H11ClO7S/c1-23-15-6-9(25(20,21)22)5-11(16(15)19)14-7-12(18)10-4-8(17)2-3-13(10)24-14/h2-7,19H,1H3,(H,20,21,22). The van der Waals surface area contributed by atoms with Crippen LogP contribution in [0.5, 0.6) is 11.5 Å². The number of phenols is 1. The molecule has 0 unspecified atom stereocenters.